The van der Waals surface area contributed by atoms with Gasteiger partial charge in [0.05, 0.1) is 12.7 Å². The molecule has 0 aromatic heterocycles. The predicted molar refractivity (Wildman–Crippen MR) is 77.2 cm³/mol. The minimum Gasteiger partial charge on any atom is -0.494 e. The molecule has 1 unspecified atom stereocenters. The van der Waals surface area contributed by atoms with Gasteiger partial charge in [-0.15, -0.1) is 0 Å². The molecule has 0 fully saturated rings. The summed E-state index contributed by atoms with van der Waals surface area (Å²) in [6.07, 6.45) is 0.451. The fraction of sp³-hybridized carbons (Fsp3) is 0.294. The third-order valence-electron chi connectivity index (χ3n) is 3.67. The first kappa shape index (κ1) is 15.4. The van der Waals surface area contributed by atoms with Crippen LogP contribution in [0.15, 0.2) is 42.5 Å². The lowest BCUT2D eigenvalue weighted by molar-refractivity contribution is 0.0291. The van der Waals surface area contributed by atoms with E-state index in [-0.39, 0.29) is 17.7 Å². The molecule has 2 nitrogen and oxygen atoms in total. The van der Waals surface area contributed by atoms with E-state index in [0.29, 0.717) is 12.0 Å². The number of hydrogen-bond acceptors (Lipinski definition) is 2. The van der Waals surface area contributed by atoms with Crippen molar-refractivity contribution >= 4 is 0 Å². The zero-order valence-corrected chi connectivity index (χ0v) is 12.1. The third-order valence-corrected chi connectivity index (χ3v) is 3.67. The monoisotopic (exact) mass is 292 g/mol. The number of ether oxygens (including phenoxy) is 1. The molecule has 0 heterocycles. The Morgan fingerprint density at radius 1 is 1.10 bits per heavy atom. The topological polar surface area (TPSA) is 29.5 Å². The van der Waals surface area contributed by atoms with E-state index in [1.54, 1.807) is 31.2 Å². The highest BCUT2D eigenvalue weighted by Crippen LogP contribution is 2.32. The molecule has 1 atom stereocenters. The summed E-state index contributed by atoms with van der Waals surface area (Å²) in [6, 6.07) is 10.6. The number of benzene rings is 2. The Kier molecular flexibility index (Phi) is 4.58. The quantitative estimate of drug-likeness (QED) is 0.908. The molecule has 112 valence electrons. The van der Waals surface area contributed by atoms with Gasteiger partial charge in [0, 0.05) is 12.0 Å². The van der Waals surface area contributed by atoms with Crippen LogP contribution in [0, 0.1) is 11.6 Å². The van der Waals surface area contributed by atoms with Gasteiger partial charge in [-0.05, 0) is 30.2 Å². The first-order valence-electron chi connectivity index (χ1n) is 6.80. The van der Waals surface area contributed by atoms with Gasteiger partial charge in [0.15, 0.2) is 11.6 Å². The van der Waals surface area contributed by atoms with Gasteiger partial charge in [-0.1, -0.05) is 31.2 Å². The zero-order valence-electron chi connectivity index (χ0n) is 12.1. The summed E-state index contributed by atoms with van der Waals surface area (Å²) in [4.78, 5) is 0. The molecule has 4 heteroatoms. The standard InChI is InChI=1S/C17H18F2O2/c1-3-17(20,13-6-4-5-7-14(13)18)11-12-8-9-16(21-2)15(19)10-12/h4-10,20H,3,11H2,1-2H3. The number of hydrogen-bond donors (Lipinski definition) is 1. The summed E-state index contributed by atoms with van der Waals surface area (Å²) in [6.45, 7) is 1.77. The first-order chi connectivity index (χ1) is 10.00. The lowest BCUT2D eigenvalue weighted by Crippen LogP contribution is -2.29. The van der Waals surface area contributed by atoms with Gasteiger partial charge in [-0.2, -0.15) is 0 Å². The van der Waals surface area contributed by atoms with E-state index in [2.05, 4.69) is 0 Å². The van der Waals surface area contributed by atoms with Gasteiger partial charge < -0.3 is 9.84 Å². The minimum absolute atomic E-state index is 0.130. The lowest BCUT2D eigenvalue weighted by Gasteiger charge is -2.28. The van der Waals surface area contributed by atoms with E-state index >= 15 is 0 Å². The summed E-state index contributed by atoms with van der Waals surface area (Å²) < 4.78 is 32.5. The predicted octanol–water partition coefficient (Wildman–Crippen LogP) is 3.81. The number of aliphatic hydroxyl groups is 1. The maximum absolute atomic E-state index is 13.9. The van der Waals surface area contributed by atoms with E-state index in [9.17, 15) is 13.9 Å². The molecule has 0 saturated heterocycles. The van der Waals surface area contributed by atoms with Crippen molar-refractivity contribution in [2.45, 2.75) is 25.4 Å². The van der Waals surface area contributed by atoms with Crippen molar-refractivity contribution < 1.29 is 18.6 Å². The second-order valence-electron chi connectivity index (χ2n) is 5.01. The first-order valence-corrected chi connectivity index (χ1v) is 6.80. The van der Waals surface area contributed by atoms with Gasteiger partial charge in [-0.3, -0.25) is 0 Å². The smallest absolute Gasteiger partial charge is 0.165 e. The van der Waals surface area contributed by atoms with Crippen LogP contribution < -0.4 is 4.74 Å². The summed E-state index contributed by atoms with van der Waals surface area (Å²) in [5.41, 5.74) is -0.559. The van der Waals surface area contributed by atoms with Crippen molar-refractivity contribution in [3.8, 4) is 5.75 Å². The fourth-order valence-corrected chi connectivity index (χ4v) is 2.41. The SMILES string of the molecule is CCC(O)(Cc1ccc(OC)c(F)c1)c1ccccc1F. The van der Waals surface area contributed by atoms with E-state index < -0.39 is 17.2 Å². The molecule has 21 heavy (non-hydrogen) atoms. The van der Waals surface area contributed by atoms with Crippen LogP contribution in [0.25, 0.3) is 0 Å². The van der Waals surface area contributed by atoms with E-state index in [4.69, 9.17) is 4.74 Å². The van der Waals surface area contributed by atoms with Gasteiger partial charge in [0.25, 0.3) is 0 Å². The van der Waals surface area contributed by atoms with Crippen LogP contribution in [0.1, 0.15) is 24.5 Å². The van der Waals surface area contributed by atoms with Crippen molar-refractivity contribution in [2.24, 2.45) is 0 Å². The van der Waals surface area contributed by atoms with Crippen molar-refractivity contribution in [2.75, 3.05) is 7.11 Å². The van der Waals surface area contributed by atoms with Crippen molar-refractivity contribution in [1.82, 2.24) is 0 Å². The molecule has 0 bridgehead atoms. The Labute approximate surface area is 123 Å². The molecule has 0 saturated carbocycles. The maximum Gasteiger partial charge on any atom is 0.165 e. The summed E-state index contributed by atoms with van der Waals surface area (Å²) in [7, 11) is 1.39. The van der Waals surface area contributed by atoms with E-state index in [0.717, 1.165) is 0 Å². The van der Waals surface area contributed by atoms with E-state index in [1.165, 1.54) is 25.3 Å². The number of rotatable bonds is 5. The van der Waals surface area contributed by atoms with Crippen LogP contribution >= 0.6 is 0 Å². The number of halogens is 2. The molecule has 0 amide bonds. The van der Waals surface area contributed by atoms with Gasteiger partial charge in [0.1, 0.15) is 5.82 Å². The van der Waals surface area contributed by atoms with Crippen LogP contribution in [0.5, 0.6) is 5.75 Å². The highest BCUT2D eigenvalue weighted by molar-refractivity contribution is 5.32. The fourth-order valence-electron chi connectivity index (χ4n) is 2.41. The molecular formula is C17H18F2O2. The largest absolute Gasteiger partial charge is 0.494 e. The molecule has 2 aromatic carbocycles. The Morgan fingerprint density at radius 3 is 2.38 bits per heavy atom. The van der Waals surface area contributed by atoms with Gasteiger partial charge in [-0.25, -0.2) is 8.78 Å². The van der Waals surface area contributed by atoms with Gasteiger partial charge in [0.2, 0.25) is 0 Å². The second-order valence-corrected chi connectivity index (χ2v) is 5.01. The van der Waals surface area contributed by atoms with Crippen LogP contribution in [0.3, 0.4) is 0 Å². The molecule has 1 N–H and O–H groups in total. The molecule has 2 aromatic rings. The highest BCUT2D eigenvalue weighted by atomic mass is 19.1. The van der Waals surface area contributed by atoms with Crippen molar-refractivity contribution in [3.05, 3.63) is 65.2 Å². The van der Waals surface area contributed by atoms with Crippen LogP contribution in [-0.2, 0) is 12.0 Å². The molecular weight excluding hydrogens is 274 g/mol. The molecule has 0 aliphatic rings. The molecule has 0 spiro atoms. The Morgan fingerprint density at radius 2 is 1.81 bits per heavy atom. The summed E-state index contributed by atoms with van der Waals surface area (Å²) >= 11 is 0. The normalized spacial score (nSPS) is 13.8. The Hall–Kier alpha value is -1.94. The minimum atomic E-state index is -1.37. The van der Waals surface area contributed by atoms with Crippen molar-refractivity contribution in [1.29, 1.82) is 0 Å². The van der Waals surface area contributed by atoms with Crippen molar-refractivity contribution in [3.63, 3.8) is 0 Å². The van der Waals surface area contributed by atoms with Crippen LogP contribution in [-0.4, -0.2) is 12.2 Å². The molecule has 0 aliphatic carbocycles. The third kappa shape index (κ3) is 3.22. The van der Waals surface area contributed by atoms with Crippen LogP contribution in [0.2, 0.25) is 0 Å². The Bertz CT molecular complexity index is 628. The van der Waals surface area contributed by atoms with Crippen LogP contribution in [0.4, 0.5) is 8.78 Å². The second kappa shape index (κ2) is 6.22. The molecule has 2 rings (SSSR count). The lowest BCUT2D eigenvalue weighted by atomic mass is 9.84. The van der Waals surface area contributed by atoms with Gasteiger partial charge >= 0.3 is 0 Å². The average molecular weight is 292 g/mol. The average Bonchev–Trinajstić information content (AvgIpc) is 2.47. The Balaban J connectivity index is 2.34. The molecule has 0 radical (unpaired) electrons. The summed E-state index contributed by atoms with van der Waals surface area (Å²) in [5, 5.41) is 10.7. The summed E-state index contributed by atoms with van der Waals surface area (Å²) in [5.74, 6) is -0.817. The number of methoxy groups -OCH3 is 1. The zero-order chi connectivity index (χ0) is 15.5. The molecule has 0 aliphatic heterocycles. The van der Waals surface area contributed by atoms with E-state index in [1.807, 2.05) is 0 Å². The maximum atomic E-state index is 13.9. The highest BCUT2D eigenvalue weighted by Gasteiger charge is 2.30.